The minimum absolute atomic E-state index is 0.238. The standard InChI is InChI=1S/C11H13BrFNO/c12-10-6-8(3-4-11(10)13)14-7-9-2-1-5-15-9/h3-4,6,9,14H,1-2,5,7H2. The molecule has 0 radical (unpaired) electrons. The van der Waals surface area contributed by atoms with Crippen molar-refractivity contribution in [3.8, 4) is 0 Å². The molecule has 82 valence electrons. The molecular weight excluding hydrogens is 261 g/mol. The van der Waals surface area contributed by atoms with Gasteiger partial charge in [-0.25, -0.2) is 4.39 Å². The number of halogens is 2. The van der Waals surface area contributed by atoms with E-state index in [1.165, 1.54) is 6.07 Å². The van der Waals surface area contributed by atoms with Gasteiger partial charge in [0.25, 0.3) is 0 Å². The molecule has 1 aliphatic heterocycles. The minimum Gasteiger partial charge on any atom is -0.382 e. The van der Waals surface area contributed by atoms with Gasteiger partial charge in [-0.05, 0) is 47.0 Å². The maximum Gasteiger partial charge on any atom is 0.137 e. The highest BCUT2D eigenvalue weighted by molar-refractivity contribution is 9.10. The van der Waals surface area contributed by atoms with Gasteiger partial charge in [0, 0.05) is 18.8 Å². The van der Waals surface area contributed by atoms with Crippen molar-refractivity contribution in [3.63, 3.8) is 0 Å². The number of rotatable bonds is 3. The van der Waals surface area contributed by atoms with Crippen LogP contribution in [0.25, 0.3) is 0 Å². The van der Waals surface area contributed by atoms with Gasteiger partial charge < -0.3 is 10.1 Å². The lowest BCUT2D eigenvalue weighted by Crippen LogP contribution is -2.18. The van der Waals surface area contributed by atoms with E-state index >= 15 is 0 Å². The average Bonchev–Trinajstić information content (AvgIpc) is 2.73. The number of hydrogen-bond donors (Lipinski definition) is 1. The Kier molecular flexibility index (Phi) is 3.59. The van der Waals surface area contributed by atoms with Crippen LogP contribution in [0.15, 0.2) is 22.7 Å². The molecule has 1 heterocycles. The lowest BCUT2D eigenvalue weighted by molar-refractivity contribution is 0.120. The van der Waals surface area contributed by atoms with Crippen molar-refractivity contribution >= 4 is 21.6 Å². The number of hydrogen-bond acceptors (Lipinski definition) is 2. The smallest absolute Gasteiger partial charge is 0.137 e. The fourth-order valence-electron chi connectivity index (χ4n) is 1.64. The van der Waals surface area contributed by atoms with Crippen LogP contribution in [0.1, 0.15) is 12.8 Å². The van der Waals surface area contributed by atoms with Crippen LogP contribution in [-0.2, 0) is 4.74 Å². The highest BCUT2D eigenvalue weighted by Gasteiger charge is 2.14. The van der Waals surface area contributed by atoms with Crippen molar-refractivity contribution in [1.82, 2.24) is 0 Å². The third-order valence-electron chi connectivity index (χ3n) is 2.48. The molecule has 0 spiro atoms. The monoisotopic (exact) mass is 273 g/mol. The summed E-state index contributed by atoms with van der Waals surface area (Å²) >= 11 is 3.15. The van der Waals surface area contributed by atoms with Gasteiger partial charge in [-0.2, -0.15) is 0 Å². The summed E-state index contributed by atoms with van der Waals surface area (Å²) in [5, 5.41) is 3.23. The third-order valence-corrected chi connectivity index (χ3v) is 3.09. The third kappa shape index (κ3) is 2.92. The molecule has 0 aliphatic carbocycles. The van der Waals surface area contributed by atoms with Crippen LogP contribution < -0.4 is 5.32 Å². The summed E-state index contributed by atoms with van der Waals surface area (Å²) in [6.45, 7) is 1.65. The van der Waals surface area contributed by atoms with E-state index in [-0.39, 0.29) is 5.82 Å². The highest BCUT2D eigenvalue weighted by Crippen LogP contribution is 2.20. The van der Waals surface area contributed by atoms with Crippen LogP contribution in [-0.4, -0.2) is 19.3 Å². The Bertz CT molecular complexity index is 339. The Hall–Kier alpha value is -0.610. The van der Waals surface area contributed by atoms with Gasteiger partial charge in [0.05, 0.1) is 10.6 Å². The Morgan fingerprint density at radius 2 is 2.40 bits per heavy atom. The topological polar surface area (TPSA) is 21.3 Å². The van der Waals surface area contributed by atoms with Gasteiger partial charge >= 0.3 is 0 Å². The summed E-state index contributed by atoms with van der Waals surface area (Å²) in [6.07, 6.45) is 2.54. The zero-order valence-corrected chi connectivity index (χ0v) is 9.89. The zero-order valence-electron chi connectivity index (χ0n) is 8.30. The molecule has 1 aromatic carbocycles. The molecule has 0 saturated carbocycles. The van der Waals surface area contributed by atoms with E-state index in [0.29, 0.717) is 10.6 Å². The lowest BCUT2D eigenvalue weighted by atomic mass is 10.2. The highest BCUT2D eigenvalue weighted by atomic mass is 79.9. The molecular formula is C11H13BrFNO. The van der Waals surface area contributed by atoms with Crippen molar-refractivity contribution in [2.45, 2.75) is 18.9 Å². The first-order valence-electron chi connectivity index (χ1n) is 5.06. The molecule has 0 bridgehead atoms. The normalized spacial score (nSPS) is 20.5. The van der Waals surface area contributed by atoms with Crippen LogP contribution in [0.2, 0.25) is 0 Å². The Balaban J connectivity index is 1.90. The van der Waals surface area contributed by atoms with Crippen molar-refractivity contribution in [2.24, 2.45) is 0 Å². The van der Waals surface area contributed by atoms with Gasteiger partial charge in [0.2, 0.25) is 0 Å². The summed E-state index contributed by atoms with van der Waals surface area (Å²) in [5.74, 6) is -0.238. The van der Waals surface area contributed by atoms with Crippen LogP contribution in [0.3, 0.4) is 0 Å². The van der Waals surface area contributed by atoms with Crippen LogP contribution >= 0.6 is 15.9 Å². The van der Waals surface area contributed by atoms with Crippen LogP contribution in [0, 0.1) is 5.82 Å². The molecule has 1 atom stereocenters. The number of ether oxygens (including phenoxy) is 1. The van der Waals surface area contributed by atoms with Gasteiger partial charge in [-0.1, -0.05) is 0 Å². The molecule has 2 rings (SSSR count). The molecule has 0 amide bonds. The molecule has 15 heavy (non-hydrogen) atoms. The second-order valence-corrected chi connectivity index (χ2v) is 4.50. The molecule has 0 aromatic heterocycles. The summed E-state index contributed by atoms with van der Waals surface area (Å²) in [7, 11) is 0. The number of benzene rings is 1. The summed E-state index contributed by atoms with van der Waals surface area (Å²) in [5.41, 5.74) is 0.916. The van der Waals surface area contributed by atoms with Crippen molar-refractivity contribution in [3.05, 3.63) is 28.5 Å². The van der Waals surface area contributed by atoms with Crippen molar-refractivity contribution < 1.29 is 9.13 Å². The van der Waals surface area contributed by atoms with Gasteiger partial charge in [0.1, 0.15) is 5.82 Å². The first-order valence-corrected chi connectivity index (χ1v) is 5.85. The molecule has 1 N–H and O–H groups in total. The quantitative estimate of drug-likeness (QED) is 0.914. The zero-order chi connectivity index (χ0) is 10.7. The molecule has 1 fully saturated rings. The number of nitrogens with one attached hydrogen (secondary N) is 1. The van der Waals surface area contributed by atoms with E-state index in [9.17, 15) is 4.39 Å². The van der Waals surface area contributed by atoms with Crippen LogP contribution in [0.4, 0.5) is 10.1 Å². The molecule has 1 aromatic rings. The molecule has 1 aliphatic rings. The van der Waals surface area contributed by atoms with E-state index in [1.807, 2.05) is 0 Å². The maximum atomic E-state index is 12.9. The second kappa shape index (κ2) is 4.94. The van der Waals surface area contributed by atoms with Crippen molar-refractivity contribution in [2.75, 3.05) is 18.5 Å². The predicted octanol–water partition coefficient (Wildman–Crippen LogP) is 3.18. The SMILES string of the molecule is Fc1ccc(NCC2CCCO2)cc1Br. The molecule has 1 saturated heterocycles. The molecule has 2 nitrogen and oxygen atoms in total. The fourth-order valence-corrected chi connectivity index (χ4v) is 2.02. The van der Waals surface area contributed by atoms with E-state index < -0.39 is 0 Å². The van der Waals surface area contributed by atoms with Crippen molar-refractivity contribution in [1.29, 1.82) is 0 Å². The van der Waals surface area contributed by atoms with E-state index in [1.54, 1.807) is 12.1 Å². The first kappa shape index (κ1) is 10.9. The summed E-state index contributed by atoms with van der Waals surface area (Å²) < 4.78 is 18.9. The Morgan fingerprint density at radius 3 is 3.07 bits per heavy atom. The first-order chi connectivity index (χ1) is 7.25. The van der Waals surface area contributed by atoms with E-state index in [4.69, 9.17) is 4.74 Å². The van der Waals surface area contributed by atoms with Gasteiger partial charge in [0.15, 0.2) is 0 Å². The van der Waals surface area contributed by atoms with E-state index in [2.05, 4.69) is 21.2 Å². The summed E-state index contributed by atoms with van der Waals surface area (Å²) in [4.78, 5) is 0. The molecule has 4 heteroatoms. The largest absolute Gasteiger partial charge is 0.382 e. The molecule has 1 unspecified atom stereocenters. The fraction of sp³-hybridized carbons (Fsp3) is 0.455. The van der Waals surface area contributed by atoms with Gasteiger partial charge in [-0.15, -0.1) is 0 Å². The average molecular weight is 274 g/mol. The van der Waals surface area contributed by atoms with Crippen LogP contribution in [0.5, 0.6) is 0 Å². The predicted molar refractivity (Wildman–Crippen MR) is 61.6 cm³/mol. The Morgan fingerprint density at radius 1 is 1.53 bits per heavy atom. The van der Waals surface area contributed by atoms with Gasteiger partial charge in [-0.3, -0.25) is 0 Å². The second-order valence-electron chi connectivity index (χ2n) is 3.64. The maximum absolute atomic E-state index is 12.9. The minimum atomic E-state index is -0.238. The number of anilines is 1. The lowest BCUT2D eigenvalue weighted by Gasteiger charge is -2.12. The summed E-state index contributed by atoms with van der Waals surface area (Å²) in [6, 6.07) is 4.92. The Labute approximate surface area is 96.9 Å². The van der Waals surface area contributed by atoms with E-state index in [0.717, 1.165) is 31.7 Å².